The smallest absolute Gasteiger partial charge is 0.255 e. The highest BCUT2D eigenvalue weighted by atomic mass is 35.5. The van der Waals surface area contributed by atoms with Crippen LogP contribution in [0.5, 0.6) is 0 Å². The fourth-order valence-corrected chi connectivity index (χ4v) is 1.25. The number of nitrogens with one attached hydrogen (secondary N) is 1. The van der Waals surface area contributed by atoms with Gasteiger partial charge in [-0.2, -0.15) is 5.10 Å². The number of rotatable bonds is 3. The van der Waals surface area contributed by atoms with Gasteiger partial charge in [0.25, 0.3) is 5.91 Å². The summed E-state index contributed by atoms with van der Waals surface area (Å²) in [5, 5.41) is 6.97. The highest BCUT2D eigenvalue weighted by Crippen LogP contribution is 2.07. The molecule has 1 rings (SSSR count). The quantitative estimate of drug-likeness (QED) is 0.821. The van der Waals surface area contributed by atoms with Gasteiger partial charge in [-0.1, -0.05) is 0 Å². The molecule has 5 nitrogen and oxygen atoms in total. The standard InChI is InChI=1S/C10H18N4O.ClH/c1-7-8(5-14(4)13-7)9(15)12-10(2,3)6-11;/h5H,6,11H2,1-4H3,(H,12,15);1H. The number of amides is 1. The lowest BCUT2D eigenvalue weighted by Crippen LogP contribution is -2.48. The summed E-state index contributed by atoms with van der Waals surface area (Å²) in [5.74, 6) is -0.129. The van der Waals surface area contributed by atoms with Gasteiger partial charge in [0, 0.05) is 25.3 Å². The van der Waals surface area contributed by atoms with Crippen LogP contribution in [0.1, 0.15) is 29.9 Å². The molecule has 0 saturated heterocycles. The van der Waals surface area contributed by atoms with Crippen molar-refractivity contribution in [2.24, 2.45) is 12.8 Å². The minimum Gasteiger partial charge on any atom is -0.346 e. The Kier molecular flexibility index (Phi) is 4.96. The van der Waals surface area contributed by atoms with E-state index in [1.54, 1.807) is 17.9 Å². The molecule has 0 atom stereocenters. The van der Waals surface area contributed by atoms with Gasteiger partial charge in [0.15, 0.2) is 0 Å². The van der Waals surface area contributed by atoms with Crippen LogP contribution in [0.2, 0.25) is 0 Å². The highest BCUT2D eigenvalue weighted by molar-refractivity contribution is 5.95. The topological polar surface area (TPSA) is 72.9 Å². The van der Waals surface area contributed by atoms with Crippen LogP contribution in [0.4, 0.5) is 0 Å². The summed E-state index contributed by atoms with van der Waals surface area (Å²) in [7, 11) is 1.79. The molecule has 0 aliphatic heterocycles. The molecule has 0 aromatic carbocycles. The third kappa shape index (κ3) is 3.50. The Hall–Kier alpha value is -1.07. The summed E-state index contributed by atoms with van der Waals surface area (Å²) >= 11 is 0. The minimum atomic E-state index is -0.390. The van der Waals surface area contributed by atoms with Gasteiger partial charge < -0.3 is 11.1 Å². The number of carbonyl (C=O) groups excluding carboxylic acids is 1. The Balaban J connectivity index is 0.00000225. The van der Waals surface area contributed by atoms with Crippen LogP contribution >= 0.6 is 12.4 Å². The third-order valence-corrected chi connectivity index (χ3v) is 2.22. The van der Waals surface area contributed by atoms with Gasteiger partial charge in [0.05, 0.1) is 11.3 Å². The number of aryl methyl sites for hydroxylation is 2. The van der Waals surface area contributed by atoms with Crippen molar-refractivity contribution in [2.45, 2.75) is 26.3 Å². The Labute approximate surface area is 102 Å². The summed E-state index contributed by atoms with van der Waals surface area (Å²) in [6, 6.07) is 0. The Morgan fingerprint density at radius 2 is 2.19 bits per heavy atom. The zero-order chi connectivity index (χ0) is 11.6. The zero-order valence-corrected chi connectivity index (χ0v) is 10.9. The average Bonchev–Trinajstić information content (AvgIpc) is 2.45. The van der Waals surface area contributed by atoms with Crippen molar-refractivity contribution in [3.63, 3.8) is 0 Å². The number of hydrogen-bond donors (Lipinski definition) is 2. The molecule has 0 spiro atoms. The second-order valence-corrected chi connectivity index (χ2v) is 4.34. The first kappa shape index (κ1) is 14.9. The maximum atomic E-state index is 11.8. The van der Waals surface area contributed by atoms with Crippen molar-refractivity contribution >= 4 is 18.3 Å². The summed E-state index contributed by atoms with van der Waals surface area (Å²) in [6.07, 6.45) is 1.71. The van der Waals surface area contributed by atoms with Crippen LogP contribution < -0.4 is 11.1 Å². The second kappa shape index (κ2) is 5.32. The molecule has 1 aromatic heterocycles. The molecular weight excluding hydrogens is 228 g/mol. The van der Waals surface area contributed by atoms with Crippen molar-refractivity contribution in [3.05, 3.63) is 17.5 Å². The number of nitrogens with zero attached hydrogens (tertiary/aromatic N) is 2. The van der Waals surface area contributed by atoms with E-state index < -0.39 is 0 Å². The van der Waals surface area contributed by atoms with Gasteiger partial charge in [0.2, 0.25) is 0 Å². The van der Waals surface area contributed by atoms with E-state index in [1.807, 2.05) is 20.8 Å². The summed E-state index contributed by atoms with van der Waals surface area (Å²) in [4.78, 5) is 11.8. The third-order valence-electron chi connectivity index (χ3n) is 2.22. The van der Waals surface area contributed by atoms with Crippen molar-refractivity contribution < 1.29 is 4.79 Å². The first-order chi connectivity index (χ1) is 6.85. The fraction of sp³-hybridized carbons (Fsp3) is 0.600. The van der Waals surface area contributed by atoms with Crippen LogP contribution in [0.3, 0.4) is 0 Å². The second-order valence-electron chi connectivity index (χ2n) is 4.34. The molecule has 92 valence electrons. The van der Waals surface area contributed by atoms with E-state index in [0.29, 0.717) is 12.1 Å². The van der Waals surface area contributed by atoms with E-state index in [0.717, 1.165) is 5.69 Å². The van der Waals surface area contributed by atoms with Crippen LogP contribution in [0.25, 0.3) is 0 Å². The van der Waals surface area contributed by atoms with Gasteiger partial charge in [-0.05, 0) is 20.8 Å². The molecule has 0 fully saturated rings. The Morgan fingerprint density at radius 3 is 2.56 bits per heavy atom. The number of carbonyl (C=O) groups is 1. The molecule has 6 heteroatoms. The van der Waals surface area contributed by atoms with E-state index in [-0.39, 0.29) is 23.9 Å². The predicted octanol–water partition coefficient (Wildman–Crippen LogP) is 0.617. The maximum Gasteiger partial charge on any atom is 0.255 e. The highest BCUT2D eigenvalue weighted by Gasteiger charge is 2.21. The fourth-order valence-electron chi connectivity index (χ4n) is 1.25. The van der Waals surface area contributed by atoms with Crippen molar-refractivity contribution in [2.75, 3.05) is 6.54 Å². The van der Waals surface area contributed by atoms with Crippen molar-refractivity contribution in [3.8, 4) is 0 Å². The summed E-state index contributed by atoms with van der Waals surface area (Å²) in [5.41, 5.74) is 6.47. The van der Waals surface area contributed by atoms with Crippen molar-refractivity contribution in [1.82, 2.24) is 15.1 Å². The number of halogens is 1. The van der Waals surface area contributed by atoms with Crippen LogP contribution in [-0.4, -0.2) is 27.8 Å². The molecule has 3 N–H and O–H groups in total. The Morgan fingerprint density at radius 1 is 1.62 bits per heavy atom. The summed E-state index contributed by atoms with van der Waals surface area (Å²) < 4.78 is 1.62. The van der Waals surface area contributed by atoms with Gasteiger partial charge >= 0.3 is 0 Å². The summed E-state index contributed by atoms with van der Waals surface area (Å²) in [6.45, 7) is 5.98. The zero-order valence-electron chi connectivity index (χ0n) is 10.1. The lowest BCUT2D eigenvalue weighted by molar-refractivity contribution is 0.0915. The van der Waals surface area contributed by atoms with Gasteiger partial charge in [0.1, 0.15) is 0 Å². The Bertz CT molecular complexity index is 373. The maximum absolute atomic E-state index is 11.8. The largest absolute Gasteiger partial charge is 0.346 e. The first-order valence-electron chi connectivity index (χ1n) is 4.88. The van der Waals surface area contributed by atoms with E-state index >= 15 is 0 Å². The molecule has 0 aliphatic rings. The first-order valence-corrected chi connectivity index (χ1v) is 4.88. The number of nitrogens with two attached hydrogens (primary N) is 1. The van der Waals surface area contributed by atoms with Gasteiger partial charge in [-0.15, -0.1) is 12.4 Å². The van der Waals surface area contributed by atoms with Crippen LogP contribution in [-0.2, 0) is 7.05 Å². The molecule has 1 heterocycles. The number of hydrogen-bond acceptors (Lipinski definition) is 3. The van der Waals surface area contributed by atoms with Crippen molar-refractivity contribution in [1.29, 1.82) is 0 Å². The van der Waals surface area contributed by atoms with Gasteiger partial charge in [-0.25, -0.2) is 0 Å². The van der Waals surface area contributed by atoms with E-state index in [9.17, 15) is 4.79 Å². The van der Waals surface area contributed by atoms with E-state index in [2.05, 4.69) is 10.4 Å². The molecule has 16 heavy (non-hydrogen) atoms. The van der Waals surface area contributed by atoms with Gasteiger partial charge in [-0.3, -0.25) is 9.48 Å². The lowest BCUT2D eigenvalue weighted by atomic mass is 10.1. The normalized spacial score (nSPS) is 10.8. The minimum absolute atomic E-state index is 0. The lowest BCUT2D eigenvalue weighted by Gasteiger charge is -2.23. The molecule has 1 aromatic rings. The molecule has 0 radical (unpaired) electrons. The van der Waals surface area contributed by atoms with Crippen LogP contribution in [0, 0.1) is 6.92 Å². The SMILES string of the molecule is Cc1nn(C)cc1C(=O)NC(C)(C)CN.Cl. The monoisotopic (exact) mass is 246 g/mol. The molecule has 0 bridgehead atoms. The predicted molar refractivity (Wildman–Crippen MR) is 65.8 cm³/mol. The molecule has 0 aliphatic carbocycles. The van der Waals surface area contributed by atoms with Crippen LogP contribution in [0.15, 0.2) is 6.20 Å². The van der Waals surface area contributed by atoms with E-state index in [1.165, 1.54) is 0 Å². The number of aromatic nitrogens is 2. The molecule has 0 unspecified atom stereocenters. The molecule has 0 saturated carbocycles. The average molecular weight is 247 g/mol. The molecule has 1 amide bonds. The molecular formula is C10H19ClN4O. The van der Waals surface area contributed by atoms with E-state index in [4.69, 9.17) is 5.73 Å².